The number of nitrogen functional groups attached to an aromatic ring is 1. The highest BCUT2D eigenvalue weighted by atomic mass is 35.5. The smallest absolute Gasteiger partial charge is 0.340 e. The van der Waals surface area contributed by atoms with E-state index in [0.29, 0.717) is 16.9 Å². The predicted octanol–water partition coefficient (Wildman–Crippen LogP) is 4.03. The number of hydrogen-bond acceptors (Lipinski definition) is 4. The molecular formula is C17H16ClN3O2. The fraction of sp³-hybridized carbons (Fsp3) is 0.176. The van der Waals surface area contributed by atoms with Crippen LogP contribution < -0.4 is 5.73 Å². The summed E-state index contributed by atoms with van der Waals surface area (Å²) in [5.41, 5.74) is 8.65. The van der Waals surface area contributed by atoms with Crippen LogP contribution in [0.25, 0.3) is 22.4 Å². The number of H-pyrrole nitrogens is 1. The molecular weight excluding hydrogens is 314 g/mol. The van der Waals surface area contributed by atoms with Crippen molar-refractivity contribution < 1.29 is 9.53 Å². The molecule has 0 radical (unpaired) electrons. The van der Waals surface area contributed by atoms with E-state index in [1.54, 1.807) is 19.9 Å². The molecule has 2 aromatic carbocycles. The minimum absolute atomic E-state index is 0.161. The second-order valence-electron chi connectivity index (χ2n) is 5.45. The summed E-state index contributed by atoms with van der Waals surface area (Å²) in [7, 11) is 0. The van der Waals surface area contributed by atoms with Crippen LogP contribution in [0.3, 0.4) is 0 Å². The zero-order valence-electron chi connectivity index (χ0n) is 12.8. The number of halogens is 1. The zero-order chi connectivity index (χ0) is 16.6. The van der Waals surface area contributed by atoms with E-state index < -0.39 is 5.97 Å². The molecule has 3 N–H and O–H groups in total. The molecule has 0 spiro atoms. The Morgan fingerprint density at radius 1 is 1.30 bits per heavy atom. The maximum atomic E-state index is 12.2. The number of carbonyl (C=O) groups excluding carboxylic acids is 1. The van der Waals surface area contributed by atoms with Crippen LogP contribution in [0.4, 0.5) is 5.69 Å². The Morgan fingerprint density at radius 3 is 2.65 bits per heavy atom. The van der Waals surface area contributed by atoms with Crippen molar-refractivity contribution in [1.29, 1.82) is 0 Å². The van der Waals surface area contributed by atoms with E-state index in [1.165, 1.54) is 0 Å². The minimum atomic E-state index is -0.505. The van der Waals surface area contributed by atoms with Crippen molar-refractivity contribution in [3.63, 3.8) is 0 Å². The average Bonchev–Trinajstić information content (AvgIpc) is 2.95. The van der Waals surface area contributed by atoms with Crippen LogP contribution in [0.5, 0.6) is 0 Å². The highest BCUT2D eigenvalue weighted by Gasteiger charge is 2.20. The summed E-state index contributed by atoms with van der Waals surface area (Å²) < 4.78 is 5.20. The van der Waals surface area contributed by atoms with E-state index >= 15 is 0 Å². The average molecular weight is 330 g/mol. The van der Waals surface area contributed by atoms with E-state index in [0.717, 1.165) is 5.56 Å². The first-order valence-corrected chi connectivity index (χ1v) is 7.59. The maximum Gasteiger partial charge on any atom is 0.340 e. The molecule has 0 fully saturated rings. The fourth-order valence-corrected chi connectivity index (χ4v) is 2.53. The molecule has 5 nitrogen and oxygen atoms in total. The molecule has 23 heavy (non-hydrogen) atoms. The third-order valence-electron chi connectivity index (χ3n) is 3.36. The molecule has 0 atom stereocenters. The zero-order valence-corrected chi connectivity index (χ0v) is 13.5. The van der Waals surface area contributed by atoms with Crippen LogP contribution in [-0.2, 0) is 4.74 Å². The number of esters is 1. The maximum absolute atomic E-state index is 12.2. The molecule has 3 aromatic rings. The highest BCUT2D eigenvalue weighted by Crippen LogP contribution is 2.33. The van der Waals surface area contributed by atoms with Crippen molar-refractivity contribution in [1.82, 2.24) is 9.97 Å². The molecule has 0 aliphatic rings. The lowest BCUT2D eigenvalue weighted by molar-refractivity contribution is 0.0378. The van der Waals surface area contributed by atoms with E-state index in [2.05, 4.69) is 9.97 Å². The van der Waals surface area contributed by atoms with Gasteiger partial charge in [0.15, 0.2) is 0 Å². The number of nitrogens with two attached hydrogens (primary N) is 1. The largest absolute Gasteiger partial charge is 0.459 e. The number of aromatic amines is 1. The number of nitrogens with zero attached hydrogens (tertiary/aromatic N) is 1. The molecule has 1 aromatic heterocycles. The number of carbonyl (C=O) groups is 1. The van der Waals surface area contributed by atoms with Gasteiger partial charge in [-0.05, 0) is 19.9 Å². The number of fused-ring (bicyclic) bond motifs is 1. The summed E-state index contributed by atoms with van der Waals surface area (Å²) in [6.45, 7) is 3.55. The van der Waals surface area contributed by atoms with Crippen molar-refractivity contribution in [3.8, 4) is 11.4 Å². The Bertz CT molecular complexity index is 872. The van der Waals surface area contributed by atoms with Gasteiger partial charge in [-0.3, -0.25) is 0 Å². The van der Waals surface area contributed by atoms with Crippen LogP contribution in [0.1, 0.15) is 24.2 Å². The molecule has 6 heteroatoms. The summed E-state index contributed by atoms with van der Waals surface area (Å²) in [5.74, 6) is 0.159. The van der Waals surface area contributed by atoms with Crippen molar-refractivity contribution in [3.05, 3.63) is 47.0 Å². The van der Waals surface area contributed by atoms with Gasteiger partial charge in [0.05, 0.1) is 27.9 Å². The monoisotopic (exact) mass is 329 g/mol. The van der Waals surface area contributed by atoms with Gasteiger partial charge in [-0.25, -0.2) is 9.78 Å². The van der Waals surface area contributed by atoms with Crippen LogP contribution in [0, 0.1) is 0 Å². The van der Waals surface area contributed by atoms with Gasteiger partial charge >= 0.3 is 5.97 Å². The first-order valence-electron chi connectivity index (χ1n) is 7.21. The summed E-state index contributed by atoms with van der Waals surface area (Å²) >= 11 is 6.23. The lowest BCUT2D eigenvalue weighted by Crippen LogP contribution is -2.12. The second-order valence-corrected chi connectivity index (χ2v) is 5.83. The third kappa shape index (κ3) is 2.87. The summed E-state index contributed by atoms with van der Waals surface area (Å²) in [6.07, 6.45) is -0.239. The molecule has 0 amide bonds. The van der Waals surface area contributed by atoms with Gasteiger partial charge in [0, 0.05) is 5.56 Å². The Morgan fingerprint density at radius 2 is 2.00 bits per heavy atom. The SMILES string of the molecule is CC(C)OC(=O)c1cc2[nH]c(-c3ccccc3)nc2c(N)c1Cl. The van der Waals surface area contributed by atoms with Crippen molar-refractivity contribution in [2.75, 3.05) is 5.73 Å². The molecule has 0 saturated heterocycles. The number of aromatic nitrogens is 2. The predicted molar refractivity (Wildman–Crippen MR) is 91.5 cm³/mol. The number of rotatable bonds is 3. The van der Waals surface area contributed by atoms with E-state index in [4.69, 9.17) is 22.1 Å². The van der Waals surface area contributed by atoms with Gasteiger partial charge in [0.2, 0.25) is 0 Å². The van der Waals surface area contributed by atoms with E-state index in [9.17, 15) is 4.79 Å². The Labute approximate surface area is 138 Å². The Balaban J connectivity index is 2.13. The van der Waals surface area contributed by atoms with E-state index in [1.807, 2.05) is 30.3 Å². The Kier molecular flexibility index (Phi) is 3.96. The first kappa shape index (κ1) is 15.4. The molecule has 3 rings (SSSR count). The van der Waals surface area contributed by atoms with Crippen molar-refractivity contribution >= 4 is 34.3 Å². The van der Waals surface area contributed by atoms with Crippen LogP contribution in [0.2, 0.25) is 5.02 Å². The topological polar surface area (TPSA) is 81.0 Å². The number of imidazole rings is 1. The molecule has 0 aliphatic heterocycles. The second kappa shape index (κ2) is 5.93. The standard InChI is InChI=1S/C17H16ClN3O2/c1-9(2)23-17(22)11-8-12-15(14(19)13(11)18)21-16(20-12)10-6-4-3-5-7-10/h3-9H,19H2,1-2H3,(H,20,21). The van der Waals surface area contributed by atoms with Crippen LogP contribution in [0.15, 0.2) is 36.4 Å². The first-order chi connectivity index (χ1) is 11.0. The van der Waals surface area contributed by atoms with Gasteiger partial charge in [-0.1, -0.05) is 41.9 Å². The quantitative estimate of drug-likeness (QED) is 0.561. The lowest BCUT2D eigenvalue weighted by atomic mass is 10.1. The van der Waals surface area contributed by atoms with E-state index in [-0.39, 0.29) is 22.4 Å². The molecule has 0 unspecified atom stereocenters. The van der Waals surface area contributed by atoms with Crippen LogP contribution in [-0.4, -0.2) is 22.0 Å². The lowest BCUT2D eigenvalue weighted by Gasteiger charge is -2.10. The van der Waals surface area contributed by atoms with Gasteiger partial charge in [0.1, 0.15) is 11.3 Å². The number of ether oxygens (including phenoxy) is 1. The summed E-state index contributed by atoms with van der Waals surface area (Å²) in [6, 6.07) is 11.3. The normalized spacial score (nSPS) is 11.1. The minimum Gasteiger partial charge on any atom is -0.459 e. The highest BCUT2D eigenvalue weighted by molar-refractivity contribution is 6.37. The third-order valence-corrected chi connectivity index (χ3v) is 3.77. The number of hydrogen-bond donors (Lipinski definition) is 2. The van der Waals surface area contributed by atoms with Gasteiger partial charge in [-0.15, -0.1) is 0 Å². The number of nitrogens with one attached hydrogen (secondary N) is 1. The fourth-order valence-electron chi connectivity index (χ4n) is 2.31. The Hall–Kier alpha value is -2.53. The number of anilines is 1. The van der Waals surface area contributed by atoms with Gasteiger partial charge in [0.25, 0.3) is 0 Å². The molecule has 0 bridgehead atoms. The molecule has 0 aliphatic carbocycles. The number of benzene rings is 2. The molecule has 118 valence electrons. The molecule has 0 saturated carbocycles. The van der Waals surface area contributed by atoms with Crippen LogP contribution >= 0.6 is 11.6 Å². The summed E-state index contributed by atoms with van der Waals surface area (Å²) in [4.78, 5) is 19.8. The molecule has 1 heterocycles. The summed E-state index contributed by atoms with van der Waals surface area (Å²) in [5, 5.41) is 0.161. The van der Waals surface area contributed by atoms with Gasteiger partial charge in [-0.2, -0.15) is 0 Å². The van der Waals surface area contributed by atoms with Crippen molar-refractivity contribution in [2.24, 2.45) is 0 Å². The van der Waals surface area contributed by atoms with Crippen molar-refractivity contribution in [2.45, 2.75) is 20.0 Å². The van der Waals surface area contributed by atoms with Gasteiger partial charge < -0.3 is 15.5 Å².